The van der Waals surface area contributed by atoms with Crippen LogP contribution in [0.15, 0.2) is 18.2 Å². The zero-order valence-corrected chi connectivity index (χ0v) is 10.7. The second-order valence-electron chi connectivity index (χ2n) is 4.73. The van der Waals surface area contributed by atoms with Crippen molar-refractivity contribution in [2.45, 2.75) is 19.8 Å². The minimum atomic E-state index is -0.775. The SMILES string of the molecule is CCC1CN(C(=O)c2cc(F)cc(F)c2)CCC1=O. The molecule has 102 valence electrons. The van der Waals surface area contributed by atoms with E-state index >= 15 is 0 Å². The Kier molecular flexibility index (Phi) is 3.93. The van der Waals surface area contributed by atoms with Crippen LogP contribution in [0.2, 0.25) is 0 Å². The lowest BCUT2D eigenvalue weighted by Gasteiger charge is -2.31. The highest BCUT2D eigenvalue weighted by molar-refractivity contribution is 5.95. The quantitative estimate of drug-likeness (QED) is 0.825. The lowest BCUT2D eigenvalue weighted by molar-refractivity contribution is -0.125. The van der Waals surface area contributed by atoms with Crippen LogP contribution >= 0.6 is 0 Å². The molecule has 1 aromatic rings. The van der Waals surface area contributed by atoms with Crippen LogP contribution < -0.4 is 0 Å². The van der Waals surface area contributed by atoms with Crippen LogP contribution in [0, 0.1) is 17.6 Å². The van der Waals surface area contributed by atoms with E-state index in [1.54, 1.807) is 0 Å². The van der Waals surface area contributed by atoms with Crippen LogP contribution in [-0.4, -0.2) is 29.7 Å². The molecule has 3 nitrogen and oxygen atoms in total. The average molecular weight is 267 g/mol. The molecule has 1 aromatic carbocycles. The highest BCUT2D eigenvalue weighted by Gasteiger charge is 2.29. The van der Waals surface area contributed by atoms with Gasteiger partial charge in [0, 0.05) is 37.1 Å². The minimum Gasteiger partial charge on any atom is -0.337 e. The molecule has 19 heavy (non-hydrogen) atoms. The van der Waals surface area contributed by atoms with Gasteiger partial charge in [-0.15, -0.1) is 0 Å². The molecule has 0 aliphatic carbocycles. The number of amides is 1. The summed E-state index contributed by atoms with van der Waals surface area (Å²) in [6.07, 6.45) is 0.974. The Morgan fingerprint density at radius 2 is 1.95 bits per heavy atom. The molecule has 1 heterocycles. The highest BCUT2D eigenvalue weighted by Crippen LogP contribution is 2.19. The van der Waals surface area contributed by atoms with Crippen molar-refractivity contribution in [2.75, 3.05) is 13.1 Å². The van der Waals surface area contributed by atoms with Gasteiger partial charge in [0.05, 0.1) is 0 Å². The van der Waals surface area contributed by atoms with Crippen LogP contribution in [0.25, 0.3) is 0 Å². The summed E-state index contributed by atoms with van der Waals surface area (Å²) in [4.78, 5) is 25.2. The Hall–Kier alpha value is -1.78. The third-order valence-corrected chi connectivity index (χ3v) is 3.41. The highest BCUT2D eigenvalue weighted by atomic mass is 19.1. The van der Waals surface area contributed by atoms with Crippen LogP contribution in [0.5, 0.6) is 0 Å². The first-order valence-corrected chi connectivity index (χ1v) is 6.29. The van der Waals surface area contributed by atoms with Crippen molar-refractivity contribution >= 4 is 11.7 Å². The molecule has 0 N–H and O–H groups in total. The average Bonchev–Trinajstić information content (AvgIpc) is 2.37. The van der Waals surface area contributed by atoms with Crippen molar-refractivity contribution in [1.82, 2.24) is 4.90 Å². The van der Waals surface area contributed by atoms with Crippen LogP contribution in [0.3, 0.4) is 0 Å². The molecule has 1 saturated heterocycles. The molecule has 1 atom stereocenters. The maximum Gasteiger partial charge on any atom is 0.254 e. The number of hydrogen-bond donors (Lipinski definition) is 0. The van der Waals surface area contributed by atoms with Gasteiger partial charge in [-0.1, -0.05) is 6.92 Å². The number of rotatable bonds is 2. The van der Waals surface area contributed by atoms with Gasteiger partial charge in [0.1, 0.15) is 17.4 Å². The van der Waals surface area contributed by atoms with Crippen LogP contribution in [0.4, 0.5) is 8.78 Å². The molecular weight excluding hydrogens is 252 g/mol. The fourth-order valence-corrected chi connectivity index (χ4v) is 2.31. The lowest BCUT2D eigenvalue weighted by Crippen LogP contribution is -2.44. The van der Waals surface area contributed by atoms with Gasteiger partial charge < -0.3 is 4.90 Å². The summed E-state index contributed by atoms with van der Waals surface area (Å²) in [5.74, 6) is -2.00. The standard InChI is InChI=1S/C14H15F2NO2/c1-2-9-8-17(4-3-13(9)18)14(19)10-5-11(15)7-12(16)6-10/h5-7,9H,2-4,8H2,1H3. The van der Waals surface area contributed by atoms with E-state index < -0.39 is 17.5 Å². The second kappa shape index (κ2) is 5.47. The van der Waals surface area contributed by atoms with Crippen molar-refractivity contribution in [3.8, 4) is 0 Å². The zero-order chi connectivity index (χ0) is 14.0. The first kappa shape index (κ1) is 13.6. The van der Waals surface area contributed by atoms with Gasteiger partial charge in [0.15, 0.2) is 0 Å². The molecular formula is C14H15F2NO2. The Labute approximate surface area is 110 Å². The van der Waals surface area contributed by atoms with Crippen molar-refractivity contribution < 1.29 is 18.4 Å². The first-order valence-electron chi connectivity index (χ1n) is 6.29. The normalized spacial score (nSPS) is 19.6. The van der Waals surface area contributed by atoms with Crippen LogP contribution in [-0.2, 0) is 4.79 Å². The van der Waals surface area contributed by atoms with E-state index in [0.29, 0.717) is 25.9 Å². The zero-order valence-electron chi connectivity index (χ0n) is 10.7. The van der Waals surface area contributed by atoms with E-state index in [4.69, 9.17) is 0 Å². The molecule has 1 aliphatic rings. The summed E-state index contributed by atoms with van der Waals surface area (Å²) < 4.78 is 26.2. The van der Waals surface area contributed by atoms with Gasteiger partial charge >= 0.3 is 0 Å². The number of nitrogens with zero attached hydrogens (tertiary/aromatic N) is 1. The summed E-state index contributed by atoms with van der Waals surface area (Å²) in [6, 6.07) is 2.76. The summed E-state index contributed by atoms with van der Waals surface area (Å²) in [6.45, 7) is 2.52. The number of carbonyl (C=O) groups excluding carboxylic acids is 2. The molecule has 5 heteroatoms. The molecule has 0 bridgehead atoms. The third kappa shape index (κ3) is 2.97. The molecule has 0 aromatic heterocycles. The summed E-state index contributed by atoms with van der Waals surface area (Å²) >= 11 is 0. The largest absolute Gasteiger partial charge is 0.337 e. The number of ketones is 1. The number of piperidine rings is 1. The van der Waals surface area contributed by atoms with Gasteiger partial charge in [-0.05, 0) is 18.6 Å². The molecule has 0 saturated carbocycles. The molecule has 1 fully saturated rings. The predicted octanol–water partition coefficient (Wildman–Crippen LogP) is 2.41. The number of hydrogen-bond acceptors (Lipinski definition) is 2. The van der Waals surface area contributed by atoms with Gasteiger partial charge in [-0.25, -0.2) is 8.78 Å². The van der Waals surface area contributed by atoms with Gasteiger partial charge in [0.2, 0.25) is 0 Å². The van der Waals surface area contributed by atoms with E-state index in [2.05, 4.69) is 0 Å². The van der Waals surface area contributed by atoms with E-state index in [9.17, 15) is 18.4 Å². The Morgan fingerprint density at radius 1 is 1.32 bits per heavy atom. The maximum absolute atomic E-state index is 13.1. The molecule has 1 amide bonds. The summed E-state index contributed by atoms with van der Waals surface area (Å²) in [7, 11) is 0. The fraction of sp³-hybridized carbons (Fsp3) is 0.429. The topological polar surface area (TPSA) is 37.4 Å². The van der Waals surface area contributed by atoms with Crippen LogP contribution in [0.1, 0.15) is 30.1 Å². The number of halogens is 2. The molecule has 0 spiro atoms. The summed E-state index contributed by atoms with van der Waals surface area (Å²) in [5.41, 5.74) is -0.0123. The smallest absolute Gasteiger partial charge is 0.254 e. The van der Waals surface area contributed by atoms with E-state index in [1.807, 2.05) is 6.92 Å². The number of carbonyl (C=O) groups is 2. The second-order valence-corrected chi connectivity index (χ2v) is 4.73. The van der Waals surface area contributed by atoms with Gasteiger partial charge in [-0.3, -0.25) is 9.59 Å². The molecule has 1 unspecified atom stereocenters. The Morgan fingerprint density at radius 3 is 2.53 bits per heavy atom. The Bertz CT molecular complexity index is 496. The van der Waals surface area contributed by atoms with Gasteiger partial charge in [0.25, 0.3) is 5.91 Å². The van der Waals surface area contributed by atoms with Crippen molar-refractivity contribution in [1.29, 1.82) is 0 Å². The van der Waals surface area contributed by atoms with E-state index in [1.165, 1.54) is 4.90 Å². The number of Topliss-reactive ketones (excluding diaryl/α,β-unsaturated/α-hetero) is 1. The summed E-state index contributed by atoms with van der Waals surface area (Å²) in [5, 5.41) is 0. The van der Waals surface area contributed by atoms with Crippen molar-refractivity contribution in [2.24, 2.45) is 5.92 Å². The molecule has 0 radical (unpaired) electrons. The Balaban J connectivity index is 2.17. The van der Waals surface area contributed by atoms with Crippen molar-refractivity contribution in [3.63, 3.8) is 0 Å². The van der Waals surface area contributed by atoms with Crippen molar-refractivity contribution in [3.05, 3.63) is 35.4 Å². The molecule has 1 aliphatic heterocycles. The first-order chi connectivity index (χ1) is 9.01. The molecule has 2 rings (SSSR count). The number of likely N-dealkylation sites (tertiary alicyclic amines) is 1. The lowest BCUT2D eigenvalue weighted by atomic mass is 9.93. The maximum atomic E-state index is 13.1. The third-order valence-electron chi connectivity index (χ3n) is 3.41. The van der Waals surface area contributed by atoms with E-state index in [-0.39, 0.29) is 17.3 Å². The van der Waals surface area contributed by atoms with Gasteiger partial charge in [-0.2, -0.15) is 0 Å². The van der Waals surface area contributed by atoms with E-state index in [0.717, 1.165) is 18.2 Å². The minimum absolute atomic E-state index is 0.0123. The fourth-order valence-electron chi connectivity index (χ4n) is 2.31. The number of benzene rings is 1. The predicted molar refractivity (Wildman–Crippen MR) is 65.7 cm³/mol. The monoisotopic (exact) mass is 267 g/mol.